The monoisotopic (exact) mass is 237 g/mol. The molecule has 5 heteroatoms. The number of rotatable bonds is 3. The number of benzene rings is 1. The summed E-state index contributed by atoms with van der Waals surface area (Å²) in [6.45, 7) is 1.74. The van der Waals surface area contributed by atoms with Gasteiger partial charge in [0.2, 0.25) is 0 Å². The molecule has 0 N–H and O–H groups in total. The zero-order chi connectivity index (χ0) is 12.8. The number of ether oxygens (including phenoxy) is 1. The van der Waals surface area contributed by atoms with Crippen molar-refractivity contribution in [3.8, 4) is 6.07 Å². The molecule has 1 aromatic rings. The summed E-state index contributed by atoms with van der Waals surface area (Å²) in [4.78, 5) is 11.2. The summed E-state index contributed by atoms with van der Waals surface area (Å²) in [5.74, 6) is -2.82. The molecule has 88 valence electrons. The van der Waals surface area contributed by atoms with E-state index < -0.39 is 17.6 Å². The SMILES string of the molecule is CCOC(=O)/C(C#N)=C/c1ccc(F)c(F)c1. The zero-order valence-electron chi connectivity index (χ0n) is 9.04. The maximum atomic E-state index is 12.9. The predicted molar refractivity (Wildman–Crippen MR) is 56.6 cm³/mol. The van der Waals surface area contributed by atoms with Crippen molar-refractivity contribution >= 4 is 12.0 Å². The second-order valence-electron chi connectivity index (χ2n) is 3.06. The van der Waals surface area contributed by atoms with Crippen molar-refractivity contribution in [3.63, 3.8) is 0 Å². The standard InChI is InChI=1S/C12H9F2NO2/c1-2-17-12(16)9(7-15)5-8-3-4-10(13)11(14)6-8/h3-6H,2H2,1H3/b9-5+. The highest BCUT2D eigenvalue weighted by Gasteiger charge is 2.10. The van der Waals surface area contributed by atoms with Gasteiger partial charge in [0.15, 0.2) is 11.6 Å². The quantitative estimate of drug-likeness (QED) is 0.461. The summed E-state index contributed by atoms with van der Waals surface area (Å²) in [6.07, 6.45) is 1.14. The Morgan fingerprint density at radius 1 is 1.47 bits per heavy atom. The largest absolute Gasteiger partial charge is 0.462 e. The molecule has 17 heavy (non-hydrogen) atoms. The molecule has 0 atom stereocenters. The second-order valence-corrected chi connectivity index (χ2v) is 3.06. The van der Waals surface area contributed by atoms with Gasteiger partial charge in [-0.1, -0.05) is 6.07 Å². The first-order chi connectivity index (χ1) is 8.08. The molecule has 0 aliphatic rings. The van der Waals surface area contributed by atoms with Crippen molar-refractivity contribution in [2.45, 2.75) is 6.92 Å². The molecule has 0 amide bonds. The average molecular weight is 237 g/mol. The first kappa shape index (κ1) is 12.8. The van der Waals surface area contributed by atoms with Gasteiger partial charge in [0.1, 0.15) is 11.6 Å². The van der Waals surface area contributed by atoms with Crippen molar-refractivity contribution in [2.75, 3.05) is 6.61 Å². The first-order valence-electron chi connectivity index (χ1n) is 4.82. The molecule has 0 saturated carbocycles. The molecule has 0 aliphatic carbocycles. The Balaban J connectivity index is 3.03. The van der Waals surface area contributed by atoms with Gasteiger partial charge in [-0.05, 0) is 30.7 Å². The molecule has 0 heterocycles. The molecule has 1 aromatic carbocycles. The van der Waals surface area contributed by atoms with Crippen LogP contribution in [0.3, 0.4) is 0 Å². The normalized spacial score (nSPS) is 10.8. The second kappa shape index (κ2) is 5.75. The number of carbonyl (C=O) groups is 1. The van der Waals surface area contributed by atoms with E-state index in [2.05, 4.69) is 4.74 Å². The van der Waals surface area contributed by atoms with Crippen molar-refractivity contribution in [3.05, 3.63) is 41.0 Å². The van der Waals surface area contributed by atoms with E-state index in [0.29, 0.717) is 0 Å². The fourth-order valence-electron chi connectivity index (χ4n) is 1.11. The number of hydrogen-bond donors (Lipinski definition) is 0. The van der Waals surface area contributed by atoms with Crippen molar-refractivity contribution in [2.24, 2.45) is 0 Å². The van der Waals surface area contributed by atoms with Crippen LogP contribution in [0.15, 0.2) is 23.8 Å². The summed E-state index contributed by atoms with van der Waals surface area (Å²) < 4.78 is 30.1. The van der Waals surface area contributed by atoms with Gasteiger partial charge in [-0.2, -0.15) is 5.26 Å². The Kier molecular flexibility index (Phi) is 4.35. The van der Waals surface area contributed by atoms with Crippen LogP contribution in [0.2, 0.25) is 0 Å². The van der Waals surface area contributed by atoms with Crippen LogP contribution in [0.1, 0.15) is 12.5 Å². The van der Waals surface area contributed by atoms with E-state index in [1.54, 1.807) is 13.0 Å². The minimum atomic E-state index is -1.04. The summed E-state index contributed by atoms with van der Waals surface area (Å²) in [6, 6.07) is 4.71. The number of halogens is 2. The lowest BCUT2D eigenvalue weighted by Crippen LogP contribution is -2.06. The van der Waals surface area contributed by atoms with E-state index in [1.807, 2.05) is 0 Å². The van der Waals surface area contributed by atoms with Gasteiger partial charge in [-0.15, -0.1) is 0 Å². The van der Waals surface area contributed by atoms with E-state index in [-0.39, 0.29) is 17.7 Å². The van der Waals surface area contributed by atoms with E-state index in [9.17, 15) is 13.6 Å². The molecular formula is C12H9F2NO2. The zero-order valence-corrected chi connectivity index (χ0v) is 9.04. The van der Waals surface area contributed by atoms with Crippen molar-refractivity contribution in [1.82, 2.24) is 0 Å². The number of nitriles is 1. The van der Waals surface area contributed by atoms with Crippen LogP contribution in [0.5, 0.6) is 0 Å². The Bertz CT molecular complexity index is 504. The number of esters is 1. The number of hydrogen-bond acceptors (Lipinski definition) is 3. The summed E-state index contributed by atoms with van der Waals surface area (Å²) in [5, 5.41) is 8.72. The third-order valence-corrected chi connectivity index (χ3v) is 1.87. The van der Waals surface area contributed by atoms with E-state index in [1.165, 1.54) is 6.07 Å². The minimum absolute atomic E-state index is 0.135. The fraction of sp³-hybridized carbons (Fsp3) is 0.167. The lowest BCUT2D eigenvalue weighted by Gasteiger charge is -2.00. The van der Waals surface area contributed by atoms with Gasteiger partial charge >= 0.3 is 5.97 Å². The predicted octanol–water partition coefficient (Wildman–Crippen LogP) is 2.43. The van der Waals surface area contributed by atoms with Crippen LogP contribution in [0.4, 0.5) is 8.78 Å². The highest BCUT2D eigenvalue weighted by atomic mass is 19.2. The smallest absolute Gasteiger partial charge is 0.348 e. The van der Waals surface area contributed by atoms with Gasteiger partial charge in [-0.25, -0.2) is 13.6 Å². The maximum Gasteiger partial charge on any atom is 0.348 e. The topological polar surface area (TPSA) is 50.1 Å². The molecule has 0 fully saturated rings. The molecule has 0 spiro atoms. The van der Waals surface area contributed by atoms with Gasteiger partial charge in [0.05, 0.1) is 6.61 Å². The Morgan fingerprint density at radius 3 is 2.71 bits per heavy atom. The molecule has 0 aliphatic heterocycles. The molecule has 0 unspecified atom stereocenters. The van der Waals surface area contributed by atoms with Crippen LogP contribution < -0.4 is 0 Å². The highest BCUT2D eigenvalue weighted by Crippen LogP contribution is 2.12. The highest BCUT2D eigenvalue weighted by molar-refractivity contribution is 5.97. The lowest BCUT2D eigenvalue weighted by atomic mass is 10.1. The molecule has 0 aromatic heterocycles. The van der Waals surface area contributed by atoms with Crippen LogP contribution >= 0.6 is 0 Å². The third kappa shape index (κ3) is 3.38. The number of nitrogens with zero attached hydrogens (tertiary/aromatic N) is 1. The molecular weight excluding hydrogens is 228 g/mol. The first-order valence-corrected chi connectivity index (χ1v) is 4.82. The van der Waals surface area contributed by atoms with Crippen LogP contribution in [0.25, 0.3) is 6.08 Å². The summed E-state index contributed by atoms with van der Waals surface area (Å²) in [5.41, 5.74) is -0.0497. The molecule has 0 bridgehead atoms. The van der Waals surface area contributed by atoms with E-state index in [4.69, 9.17) is 5.26 Å². The Hall–Kier alpha value is -2.22. The molecule has 0 saturated heterocycles. The summed E-state index contributed by atoms with van der Waals surface area (Å²) >= 11 is 0. The molecule has 3 nitrogen and oxygen atoms in total. The van der Waals surface area contributed by atoms with Crippen LogP contribution in [-0.4, -0.2) is 12.6 Å². The van der Waals surface area contributed by atoms with Gasteiger partial charge < -0.3 is 4.74 Å². The van der Waals surface area contributed by atoms with Gasteiger partial charge in [-0.3, -0.25) is 0 Å². The van der Waals surface area contributed by atoms with Crippen molar-refractivity contribution < 1.29 is 18.3 Å². The molecule has 1 rings (SSSR count). The third-order valence-electron chi connectivity index (χ3n) is 1.87. The van der Waals surface area contributed by atoms with E-state index >= 15 is 0 Å². The fourth-order valence-corrected chi connectivity index (χ4v) is 1.11. The summed E-state index contributed by atoms with van der Waals surface area (Å²) in [7, 11) is 0. The Morgan fingerprint density at radius 2 is 2.18 bits per heavy atom. The van der Waals surface area contributed by atoms with Crippen LogP contribution in [0, 0.1) is 23.0 Å². The van der Waals surface area contributed by atoms with Crippen molar-refractivity contribution in [1.29, 1.82) is 5.26 Å². The van der Waals surface area contributed by atoms with Gasteiger partial charge in [0, 0.05) is 0 Å². The number of carbonyl (C=O) groups excluding carboxylic acids is 1. The Labute approximate surface area is 96.9 Å². The van der Waals surface area contributed by atoms with E-state index in [0.717, 1.165) is 18.2 Å². The average Bonchev–Trinajstić information content (AvgIpc) is 2.30. The molecule has 0 radical (unpaired) electrons. The van der Waals surface area contributed by atoms with Gasteiger partial charge in [0.25, 0.3) is 0 Å². The lowest BCUT2D eigenvalue weighted by molar-refractivity contribution is -0.137. The minimum Gasteiger partial charge on any atom is -0.462 e. The van der Waals surface area contributed by atoms with Crippen LogP contribution in [-0.2, 0) is 9.53 Å². The maximum absolute atomic E-state index is 12.9.